The standard InChI is InChI=1S/C67H130O17P2/c1-7-9-11-13-15-24-33-39-45-51-66(71)83-62(55-77-64(69)49-43-37-31-16-14-12-10-8-2)57-81-85(73,74)79-53-61(68)54-80-86(75,76)82-58-63(56-78-65(70)50-44-38-32-27-23-19-21-26-30-36-42-48-60(5)6)84-67(72)52-46-40-34-28-22-18-17-20-25-29-35-41-47-59(3)4/h59-63,68H,7-58H2,1-6H3,(H,73,74)(H,75,76)/t61-,62+,63+/m0/s1. The van der Waals surface area contributed by atoms with E-state index in [1.807, 2.05) is 0 Å². The number of carbonyl (C=O) groups excluding carboxylic acids is 4. The quantitative estimate of drug-likeness (QED) is 0.0222. The van der Waals surface area contributed by atoms with Gasteiger partial charge in [-0.2, -0.15) is 0 Å². The zero-order chi connectivity index (χ0) is 63.6. The molecule has 0 spiro atoms. The van der Waals surface area contributed by atoms with Crippen LogP contribution in [0.5, 0.6) is 0 Å². The van der Waals surface area contributed by atoms with Gasteiger partial charge in [-0.25, -0.2) is 9.13 Å². The normalized spacial score (nSPS) is 14.2. The van der Waals surface area contributed by atoms with E-state index in [9.17, 15) is 43.2 Å². The van der Waals surface area contributed by atoms with Gasteiger partial charge in [0.15, 0.2) is 12.2 Å². The first kappa shape index (κ1) is 84.1. The van der Waals surface area contributed by atoms with Gasteiger partial charge >= 0.3 is 39.5 Å². The Hall–Kier alpha value is -1.94. The molecule has 0 radical (unpaired) electrons. The lowest BCUT2D eigenvalue weighted by Gasteiger charge is -2.21. The maximum absolute atomic E-state index is 13.0. The molecule has 0 rings (SSSR count). The van der Waals surface area contributed by atoms with Crippen LogP contribution in [0, 0.1) is 11.8 Å². The molecule has 2 unspecified atom stereocenters. The topological polar surface area (TPSA) is 237 Å². The molecule has 0 heterocycles. The third-order valence-electron chi connectivity index (χ3n) is 15.5. The number of rotatable bonds is 66. The van der Waals surface area contributed by atoms with Crippen LogP contribution in [-0.2, 0) is 65.4 Å². The number of phosphoric acid groups is 2. The minimum Gasteiger partial charge on any atom is -0.462 e. The summed E-state index contributed by atoms with van der Waals surface area (Å²) in [5.74, 6) is -0.584. The number of aliphatic hydroxyl groups is 1. The molecule has 0 fully saturated rings. The van der Waals surface area contributed by atoms with Crippen molar-refractivity contribution in [2.24, 2.45) is 11.8 Å². The highest BCUT2D eigenvalue weighted by Gasteiger charge is 2.30. The Bertz CT molecular complexity index is 1680. The summed E-state index contributed by atoms with van der Waals surface area (Å²) in [5, 5.41) is 10.5. The molecular weight excluding hydrogens is 1140 g/mol. The summed E-state index contributed by atoms with van der Waals surface area (Å²) >= 11 is 0. The van der Waals surface area contributed by atoms with Crippen molar-refractivity contribution >= 4 is 39.5 Å². The molecule has 510 valence electrons. The lowest BCUT2D eigenvalue weighted by molar-refractivity contribution is -0.161. The molecule has 19 heteroatoms. The summed E-state index contributed by atoms with van der Waals surface area (Å²) in [4.78, 5) is 72.3. The number of aliphatic hydroxyl groups excluding tert-OH is 1. The SMILES string of the molecule is CCCCCCCCCCCC(=O)O[C@H](COC(=O)CCCCCCCCCC)COP(=O)(O)OC[C@H](O)COP(=O)(O)OC[C@@H](COC(=O)CCCCCCCCCCCCCC(C)C)OC(=O)CCCCCCCCCCCCCCC(C)C. The number of esters is 4. The molecule has 0 aliphatic heterocycles. The van der Waals surface area contributed by atoms with E-state index in [1.165, 1.54) is 148 Å². The molecule has 3 N–H and O–H groups in total. The third kappa shape index (κ3) is 60.9. The third-order valence-corrected chi connectivity index (χ3v) is 17.4. The first-order valence-electron chi connectivity index (χ1n) is 35.0. The molecule has 0 bridgehead atoms. The van der Waals surface area contributed by atoms with Crippen LogP contribution in [0.15, 0.2) is 0 Å². The molecule has 0 amide bonds. The zero-order valence-corrected chi connectivity index (χ0v) is 57.4. The number of hydrogen-bond acceptors (Lipinski definition) is 15. The summed E-state index contributed by atoms with van der Waals surface area (Å²) in [6, 6.07) is 0. The molecule has 17 nitrogen and oxygen atoms in total. The van der Waals surface area contributed by atoms with Crippen molar-refractivity contribution in [3.05, 3.63) is 0 Å². The van der Waals surface area contributed by atoms with Gasteiger partial charge in [-0.1, -0.05) is 286 Å². The zero-order valence-electron chi connectivity index (χ0n) is 55.6. The average molecular weight is 1270 g/mol. The van der Waals surface area contributed by atoms with Gasteiger partial charge in [-0.15, -0.1) is 0 Å². The van der Waals surface area contributed by atoms with Crippen molar-refractivity contribution in [1.29, 1.82) is 0 Å². The van der Waals surface area contributed by atoms with Gasteiger partial charge in [0, 0.05) is 25.7 Å². The number of carbonyl (C=O) groups is 4. The van der Waals surface area contributed by atoms with Crippen LogP contribution < -0.4 is 0 Å². The Morgan fingerprint density at radius 2 is 0.535 bits per heavy atom. The lowest BCUT2D eigenvalue weighted by Crippen LogP contribution is -2.30. The van der Waals surface area contributed by atoms with Gasteiger partial charge in [-0.05, 0) is 37.5 Å². The van der Waals surface area contributed by atoms with E-state index in [0.29, 0.717) is 25.7 Å². The van der Waals surface area contributed by atoms with Crippen LogP contribution in [-0.4, -0.2) is 96.7 Å². The first-order valence-corrected chi connectivity index (χ1v) is 38.0. The molecule has 0 aromatic heterocycles. The number of phosphoric ester groups is 2. The lowest BCUT2D eigenvalue weighted by atomic mass is 10.0. The maximum Gasteiger partial charge on any atom is 0.472 e. The summed E-state index contributed by atoms with van der Waals surface area (Å²) in [6.45, 7) is 9.50. The largest absolute Gasteiger partial charge is 0.472 e. The van der Waals surface area contributed by atoms with Gasteiger partial charge in [0.1, 0.15) is 19.3 Å². The van der Waals surface area contributed by atoms with E-state index >= 15 is 0 Å². The Balaban J connectivity index is 5.21. The van der Waals surface area contributed by atoms with Crippen LogP contribution >= 0.6 is 15.6 Å². The van der Waals surface area contributed by atoms with Gasteiger partial charge < -0.3 is 33.8 Å². The molecule has 0 aromatic carbocycles. The van der Waals surface area contributed by atoms with Gasteiger partial charge in [-0.3, -0.25) is 37.3 Å². The minimum atomic E-state index is -4.95. The van der Waals surface area contributed by atoms with E-state index in [4.69, 9.17) is 37.0 Å². The van der Waals surface area contributed by atoms with E-state index < -0.39 is 97.5 Å². The Morgan fingerprint density at radius 1 is 0.314 bits per heavy atom. The van der Waals surface area contributed by atoms with Gasteiger partial charge in [0.05, 0.1) is 26.4 Å². The smallest absolute Gasteiger partial charge is 0.462 e. The Kier molecular flexibility index (Phi) is 58.0. The molecule has 0 aromatic rings. The van der Waals surface area contributed by atoms with Crippen LogP contribution in [0.3, 0.4) is 0 Å². The van der Waals surface area contributed by atoms with E-state index in [2.05, 4.69) is 41.5 Å². The summed E-state index contributed by atoms with van der Waals surface area (Å²) in [6.07, 6.45) is 43.1. The number of ether oxygens (including phenoxy) is 4. The van der Waals surface area contributed by atoms with Crippen molar-refractivity contribution in [1.82, 2.24) is 0 Å². The Morgan fingerprint density at radius 3 is 0.791 bits per heavy atom. The monoisotopic (exact) mass is 1270 g/mol. The predicted molar refractivity (Wildman–Crippen MR) is 345 cm³/mol. The summed E-state index contributed by atoms with van der Waals surface area (Å²) < 4.78 is 68.1. The summed E-state index contributed by atoms with van der Waals surface area (Å²) in [7, 11) is -9.89. The van der Waals surface area contributed by atoms with Crippen LogP contribution in [0.2, 0.25) is 0 Å². The van der Waals surface area contributed by atoms with Gasteiger partial charge in [0.2, 0.25) is 0 Å². The number of unbranched alkanes of at least 4 members (excludes halogenated alkanes) is 36. The molecule has 0 saturated carbocycles. The molecule has 0 aliphatic carbocycles. The first-order chi connectivity index (χ1) is 41.4. The van der Waals surface area contributed by atoms with Crippen LogP contribution in [0.1, 0.15) is 337 Å². The molecule has 86 heavy (non-hydrogen) atoms. The Labute approximate surface area is 524 Å². The van der Waals surface area contributed by atoms with E-state index in [1.54, 1.807) is 0 Å². The van der Waals surface area contributed by atoms with Crippen LogP contribution in [0.4, 0.5) is 0 Å². The van der Waals surface area contributed by atoms with E-state index in [0.717, 1.165) is 108 Å². The maximum atomic E-state index is 13.0. The molecule has 5 atom stereocenters. The average Bonchev–Trinajstić information content (AvgIpc) is 3.51. The summed E-state index contributed by atoms with van der Waals surface area (Å²) in [5.41, 5.74) is 0. The molecule has 0 aliphatic rings. The van der Waals surface area contributed by atoms with Crippen molar-refractivity contribution in [3.8, 4) is 0 Å². The second-order valence-electron chi connectivity index (χ2n) is 25.2. The second-order valence-corrected chi connectivity index (χ2v) is 28.1. The fraction of sp³-hybridized carbons (Fsp3) is 0.940. The van der Waals surface area contributed by atoms with E-state index in [-0.39, 0.29) is 25.7 Å². The predicted octanol–water partition coefficient (Wildman–Crippen LogP) is 18.8. The van der Waals surface area contributed by atoms with Crippen molar-refractivity contribution < 1.29 is 80.2 Å². The minimum absolute atomic E-state index is 0.105. The highest BCUT2D eigenvalue weighted by molar-refractivity contribution is 7.47. The highest BCUT2D eigenvalue weighted by Crippen LogP contribution is 2.45. The van der Waals surface area contributed by atoms with Gasteiger partial charge in [0.25, 0.3) is 0 Å². The second kappa shape index (κ2) is 59.4. The highest BCUT2D eigenvalue weighted by atomic mass is 31.2. The van der Waals surface area contributed by atoms with Crippen molar-refractivity contribution in [2.75, 3.05) is 39.6 Å². The number of hydrogen-bond donors (Lipinski definition) is 3. The fourth-order valence-corrected chi connectivity index (χ4v) is 11.6. The fourth-order valence-electron chi connectivity index (χ4n) is 10.1. The van der Waals surface area contributed by atoms with Crippen molar-refractivity contribution in [3.63, 3.8) is 0 Å². The van der Waals surface area contributed by atoms with Crippen LogP contribution in [0.25, 0.3) is 0 Å². The van der Waals surface area contributed by atoms with Crippen molar-refractivity contribution in [2.45, 2.75) is 355 Å². The molecular formula is C67H130O17P2. The molecule has 0 saturated heterocycles.